The lowest BCUT2D eigenvalue weighted by Crippen LogP contribution is -2.62. The smallest absolute Gasteiger partial charge is 0.326 e. The summed E-state index contributed by atoms with van der Waals surface area (Å²) in [6, 6.07) is 9.73. The lowest BCUT2D eigenvalue weighted by molar-refractivity contribution is 0.0853. The van der Waals surface area contributed by atoms with Crippen LogP contribution >= 0.6 is 23.2 Å². The maximum absolute atomic E-state index is 14.9. The molecule has 2 N–H and O–H groups in total. The highest BCUT2D eigenvalue weighted by Gasteiger charge is 2.62. The van der Waals surface area contributed by atoms with Crippen LogP contribution in [0.3, 0.4) is 0 Å². The van der Waals surface area contributed by atoms with Crippen molar-refractivity contribution in [2.45, 2.75) is 83.3 Å². The van der Waals surface area contributed by atoms with Gasteiger partial charge in [-0.3, -0.25) is 14.9 Å². The number of benzene rings is 1. The molecular formula is C34H43Cl2N5O2. The van der Waals surface area contributed by atoms with Crippen molar-refractivity contribution in [1.29, 1.82) is 0 Å². The molecule has 0 spiro atoms. The molecule has 1 unspecified atom stereocenters. The third-order valence-electron chi connectivity index (χ3n) is 9.34. The number of halogens is 2. The summed E-state index contributed by atoms with van der Waals surface area (Å²) in [7, 11) is 0. The molecule has 1 aromatic carbocycles. The van der Waals surface area contributed by atoms with Gasteiger partial charge in [-0.1, -0.05) is 68.3 Å². The summed E-state index contributed by atoms with van der Waals surface area (Å²) in [6.45, 7) is 14.2. The summed E-state index contributed by atoms with van der Waals surface area (Å²) < 4.78 is 6.24. The number of allylic oxidation sites excluding steroid dienone is 3. The number of carbonyl (C=O) groups is 1. The second-order valence-electron chi connectivity index (χ2n) is 13.1. The average Bonchev–Trinajstić information content (AvgIpc) is 3.21. The molecule has 2 aliphatic heterocycles. The zero-order valence-electron chi connectivity index (χ0n) is 26.0. The van der Waals surface area contributed by atoms with Gasteiger partial charge in [0.15, 0.2) is 0 Å². The van der Waals surface area contributed by atoms with Crippen molar-refractivity contribution < 1.29 is 9.53 Å². The summed E-state index contributed by atoms with van der Waals surface area (Å²) >= 11 is 12.8. The number of aliphatic imine (C=N–C) groups is 1. The molecule has 0 radical (unpaired) electrons. The molecule has 2 amide bonds. The van der Waals surface area contributed by atoms with Gasteiger partial charge in [0.25, 0.3) is 0 Å². The Morgan fingerprint density at radius 1 is 1.14 bits per heavy atom. The van der Waals surface area contributed by atoms with E-state index < -0.39 is 11.1 Å². The molecule has 7 nitrogen and oxygen atoms in total. The first kappa shape index (κ1) is 31.6. The lowest BCUT2D eigenvalue weighted by Gasteiger charge is -2.49. The number of piperidine rings is 1. The SMILES string of the molecule is CCOc1cc(C(C)(C)C)ncc1C1=N[C@@](C)(C2C=CC(Cl)=CC2)[C@@](C)(c2ccc(Cl)cc2)N1C(=O)N1CCC(N)CC1. The molecule has 2 aromatic rings. The molecule has 3 atom stereocenters. The van der Waals surface area contributed by atoms with Crippen molar-refractivity contribution in [3.8, 4) is 5.75 Å². The highest BCUT2D eigenvalue weighted by molar-refractivity contribution is 6.31. The second kappa shape index (κ2) is 11.9. The standard InChI is InChI=1S/C34H43Cl2N5O2/c1-7-43-28-20-29(32(2,3)4)38-21-27(28)30-39-33(5,22-8-12-24(35)13-9-22)34(6,23-10-14-25(36)15-11-23)41(30)31(42)40-18-16-26(37)17-19-40/h8,10-15,20-22,26H,7,9,16-19,37H2,1-6H3/t22?,33-,34+/m0/s1. The maximum Gasteiger partial charge on any atom is 0.326 e. The number of nitrogens with zero attached hydrogens (tertiary/aromatic N) is 4. The number of amides is 2. The van der Waals surface area contributed by atoms with E-state index in [-0.39, 0.29) is 23.4 Å². The number of nitrogens with two attached hydrogens (primary N) is 1. The van der Waals surface area contributed by atoms with Crippen LogP contribution in [0.15, 0.2) is 64.8 Å². The molecule has 1 fully saturated rings. The number of urea groups is 1. The van der Waals surface area contributed by atoms with E-state index >= 15 is 0 Å². The number of hydrogen-bond acceptors (Lipinski definition) is 5. The fraction of sp³-hybridized carbons (Fsp3) is 0.500. The maximum atomic E-state index is 14.9. The third kappa shape index (κ3) is 5.72. The Kier molecular flexibility index (Phi) is 8.73. The predicted octanol–water partition coefficient (Wildman–Crippen LogP) is 7.41. The van der Waals surface area contributed by atoms with E-state index in [1.165, 1.54) is 0 Å². The van der Waals surface area contributed by atoms with E-state index in [2.05, 4.69) is 40.7 Å². The van der Waals surface area contributed by atoms with Gasteiger partial charge >= 0.3 is 6.03 Å². The zero-order valence-corrected chi connectivity index (χ0v) is 27.5. The van der Waals surface area contributed by atoms with Crippen LogP contribution in [0.2, 0.25) is 5.02 Å². The van der Waals surface area contributed by atoms with Crippen LogP contribution in [0, 0.1) is 5.92 Å². The first-order chi connectivity index (χ1) is 20.3. The van der Waals surface area contributed by atoms with Crippen molar-refractivity contribution in [2.24, 2.45) is 16.6 Å². The number of pyridine rings is 1. The predicted molar refractivity (Wildman–Crippen MR) is 175 cm³/mol. The summed E-state index contributed by atoms with van der Waals surface area (Å²) in [5.41, 5.74) is 6.90. The molecule has 9 heteroatoms. The van der Waals surface area contributed by atoms with Gasteiger partial charge in [-0.15, -0.1) is 0 Å². The van der Waals surface area contributed by atoms with E-state index in [4.69, 9.17) is 43.6 Å². The number of carbonyl (C=O) groups excluding carboxylic acids is 1. The fourth-order valence-electron chi connectivity index (χ4n) is 6.45. The van der Waals surface area contributed by atoms with Crippen LogP contribution < -0.4 is 10.5 Å². The summed E-state index contributed by atoms with van der Waals surface area (Å²) in [5, 5.41) is 1.33. The largest absolute Gasteiger partial charge is 0.493 e. The minimum Gasteiger partial charge on any atom is -0.493 e. The number of hydrogen-bond donors (Lipinski definition) is 1. The van der Waals surface area contributed by atoms with Crippen molar-refractivity contribution in [2.75, 3.05) is 19.7 Å². The Morgan fingerprint density at radius 3 is 2.40 bits per heavy atom. The monoisotopic (exact) mass is 623 g/mol. The van der Waals surface area contributed by atoms with E-state index in [0.717, 1.165) is 24.1 Å². The van der Waals surface area contributed by atoms with Gasteiger partial charge in [0.1, 0.15) is 11.6 Å². The normalized spacial score (nSPS) is 26.4. The van der Waals surface area contributed by atoms with Gasteiger partial charge < -0.3 is 15.4 Å². The number of aromatic nitrogens is 1. The molecule has 0 saturated carbocycles. The third-order valence-corrected chi connectivity index (χ3v) is 9.87. The van der Waals surface area contributed by atoms with E-state index in [9.17, 15) is 4.79 Å². The van der Waals surface area contributed by atoms with Gasteiger partial charge in [-0.05, 0) is 63.8 Å². The topological polar surface area (TPSA) is 84.1 Å². The summed E-state index contributed by atoms with van der Waals surface area (Å²) in [4.78, 5) is 29.0. The first-order valence-electron chi connectivity index (χ1n) is 15.2. The highest BCUT2D eigenvalue weighted by Crippen LogP contribution is 2.54. The minimum absolute atomic E-state index is 0.0457. The van der Waals surface area contributed by atoms with Crippen molar-refractivity contribution in [1.82, 2.24) is 14.8 Å². The minimum atomic E-state index is -0.900. The molecule has 43 heavy (non-hydrogen) atoms. The Morgan fingerprint density at radius 2 is 1.81 bits per heavy atom. The molecule has 3 heterocycles. The molecule has 5 rings (SSSR count). The Bertz CT molecular complexity index is 1460. The first-order valence-corrected chi connectivity index (χ1v) is 15.9. The van der Waals surface area contributed by atoms with Crippen LogP contribution in [-0.4, -0.2) is 57.9 Å². The average molecular weight is 625 g/mol. The number of amidine groups is 1. The Hall–Kier alpha value is -2.87. The van der Waals surface area contributed by atoms with Crippen LogP contribution in [0.1, 0.15) is 77.6 Å². The fourth-order valence-corrected chi connectivity index (χ4v) is 6.74. The second-order valence-corrected chi connectivity index (χ2v) is 14.0. The van der Waals surface area contributed by atoms with Gasteiger partial charge in [0, 0.05) is 58.5 Å². The van der Waals surface area contributed by atoms with Gasteiger partial charge in [0.05, 0.1) is 23.2 Å². The molecule has 1 aliphatic carbocycles. The van der Waals surface area contributed by atoms with Crippen LogP contribution in [0.5, 0.6) is 5.75 Å². The van der Waals surface area contributed by atoms with E-state index in [1.54, 1.807) is 0 Å². The molecule has 1 aromatic heterocycles. The molecule has 230 valence electrons. The van der Waals surface area contributed by atoms with Crippen LogP contribution in [0.25, 0.3) is 0 Å². The number of rotatable bonds is 5. The van der Waals surface area contributed by atoms with E-state index in [0.29, 0.717) is 53.3 Å². The van der Waals surface area contributed by atoms with Crippen LogP contribution in [0.4, 0.5) is 4.79 Å². The van der Waals surface area contributed by atoms with Crippen molar-refractivity contribution >= 4 is 35.1 Å². The van der Waals surface area contributed by atoms with Crippen LogP contribution in [-0.2, 0) is 11.0 Å². The summed E-state index contributed by atoms with van der Waals surface area (Å²) in [6.07, 6.45) is 10.1. The van der Waals surface area contributed by atoms with Gasteiger partial charge in [0.2, 0.25) is 0 Å². The van der Waals surface area contributed by atoms with E-state index in [1.807, 2.05) is 65.4 Å². The number of likely N-dealkylation sites (tertiary alicyclic amines) is 1. The van der Waals surface area contributed by atoms with Crippen molar-refractivity contribution in [3.63, 3.8) is 0 Å². The molecule has 1 saturated heterocycles. The Balaban J connectivity index is 1.76. The molecule has 3 aliphatic rings. The highest BCUT2D eigenvalue weighted by atomic mass is 35.5. The van der Waals surface area contributed by atoms with Crippen molar-refractivity contribution in [3.05, 3.63) is 81.6 Å². The molecule has 0 bridgehead atoms. The van der Waals surface area contributed by atoms with Gasteiger partial charge in [-0.25, -0.2) is 4.79 Å². The lowest BCUT2D eigenvalue weighted by atomic mass is 9.66. The summed E-state index contributed by atoms with van der Waals surface area (Å²) in [5.74, 6) is 1.16. The number of ether oxygens (including phenoxy) is 1. The zero-order chi connectivity index (χ0) is 31.2. The van der Waals surface area contributed by atoms with Gasteiger partial charge in [-0.2, -0.15) is 0 Å². The quantitative estimate of drug-likeness (QED) is 0.376. The molecular weight excluding hydrogens is 581 g/mol. The Labute approximate surface area is 265 Å².